The Morgan fingerprint density at radius 2 is 2.30 bits per heavy atom. The Morgan fingerprint density at radius 3 is 3.09 bits per heavy atom. The molecule has 1 atom stereocenters. The Kier molecular flexibility index (Phi) is 5.35. The number of carbonyl (C=O) groups is 1. The van der Waals surface area contributed by atoms with E-state index in [1.54, 1.807) is 12.1 Å². The van der Waals surface area contributed by atoms with Crippen molar-refractivity contribution in [2.24, 2.45) is 0 Å². The van der Waals surface area contributed by atoms with Gasteiger partial charge < -0.3 is 19.8 Å². The molecular weight excluding hydrogens is 360 g/mol. The largest absolute Gasteiger partial charge is 0.486 e. The maximum atomic E-state index is 12.2. The smallest absolute Gasteiger partial charge is 0.287 e. The van der Waals surface area contributed by atoms with Crippen LogP contribution in [-0.4, -0.2) is 25.0 Å². The van der Waals surface area contributed by atoms with Gasteiger partial charge in [-0.2, -0.15) is 0 Å². The second kappa shape index (κ2) is 7.66. The van der Waals surface area contributed by atoms with Gasteiger partial charge in [-0.1, -0.05) is 22.0 Å². The standard InChI is InChI=1S/C17H19BrN2O3/c18-12-3-1-5-14(9-12)22-11-15-6-7-16(23-15)17(21)20-13-4-2-8-19-10-13/h1,3,5-7,9,13,19H,2,4,8,10-11H2,(H,20,21). The average Bonchev–Trinajstić information content (AvgIpc) is 3.03. The van der Waals surface area contributed by atoms with Crippen LogP contribution < -0.4 is 15.4 Å². The number of benzene rings is 1. The van der Waals surface area contributed by atoms with Gasteiger partial charge in [0.15, 0.2) is 5.76 Å². The zero-order valence-electron chi connectivity index (χ0n) is 12.7. The second-order valence-electron chi connectivity index (χ2n) is 5.53. The number of hydrogen-bond acceptors (Lipinski definition) is 4. The van der Waals surface area contributed by atoms with Crippen molar-refractivity contribution in [1.29, 1.82) is 0 Å². The van der Waals surface area contributed by atoms with Gasteiger partial charge in [0.25, 0.3) is 5.91 Å². The van der Waals surface area contributed by atoms with Crippen molar-refractivity contribution >= 4 is 21.8 Å². The maximum absolute atomic E-state index is 12.2. The lowest BCUT2D eigenvalue weighted by Gasteiger charge is -2.23. The van der Waals surface area contributed by atoms with Crippen molar-refractivity contribution in [2.45, 2.75) is 25.5 Å². The first-order valence-electron chi connectivity index (χ1n) is 7.69. The number of ether oxygens (including phenoxy) is 1. The molecule has 0 radical (unpaired) electrons. The molecule has 1 amide bonds. The van der Waals surface area contributed by atoms with Gasteiger partial charge in [0.05, 0.1) is 0 Å². The minimum atomic E-state index is -0.174. The topological polar surface area (TPSA) is 63.5 Å². The summed E-state index contributed by atoms with van der Waals surface area (Å²) in [6, 6.07) is 11.2. The Balaban J connectivity index is 1.53. The lowest BCUT2D eigenvalue weighted by atomic mass is 10.1. The van der Waals surface area contributed by atoms with Gasteiger partial charge in [-0.3, -0.25) is 4.79 Å². The quantitative estimate of drug-likeness (QED) is 0.838. The fourth-order valence-corrected chi connectivity index (χ4v) is 2.90. The van der Waals surface area contributed by atoms with Crippen molar-refractivity contribution in [3.63, 3.8) is 0 Å². The Hall–Kier alpha value is -1.79. The molecule has 1 aromatic carbocycles. The molecule has 5 nitrogen and oxygen atoms in total. The number of carbonyl (C=O) groups excluding carboxylic acids is 1. The molecule has 122 valence electrons. The van der Waals surface area contributed by atoms with E-state index in [9.17, 15) is 4.79 Å². The minimum Gasteiger partial charge on any atom is -0.486 e. The first-order chi connectivity index (χ1) is 11.2. The van der Waals surface area contributed by atoms with Crippen LogP contribution in [0, 0.1) is 0 Å². The summed E-state index contributed by atoms with van der Waals surface area (Å²) in [7, 11) is 0. The van der Waals surface area contributed by atoms with Gasteiger partial charge in [-0.05, 0) is 49.7 Å². The molecule has 2 heterocycles. The molecule has 0 bridgehead atoms. The highest BCUT2D eigenvalue weighted by Gasteiger charge is 2.18. The third-order valence-corrected chi connectivity index (χ3v) is 4.19. The first kappa shape index (κ1) is 16.1. The summed E-state index contributed by atoms with van der Waals surface area (Å²) in [6.45, 7) is 2.12. The molecule has 2 N–H and O–H groups in total. The molecule has 1 aliphatic rings. The molecule has 0 saturated carbocycles. The summed E-state index contributed by atoms with van der Waals surface area (Å²) in [5, 5.41) is 6.26. The molecular formula is C17H19BrN2O3. The van der Waals surface area contributed by atoms with Crippen molar-refractivity contribution in [3.05, 3.63) is 52.4 Å². The Labute approximate surface area is 143 Å². The van der Waals surface area contributed by atoms with Crippen molar-refractivity contribution in [3.8, 4) is 5.75 Å². The predicted octanol–water partition coefficient (Wildman–Crippen LogP) is 3.10. The predicted molar refractivity (Wildman–Crippen MR) is 90.5 cm³/mol. The maximum Gasteiger partial charge on any atom is 0.287 e. The summed E-state index contributed by atoms with van der Waals surface area (Å²) in [4.78, 5) is 12.2. The van der Waals surface area contributed by atoms with Crippen molar-refractivity contribution < 1.29 is 13.9 Å². The van der Waals surface area contributed by atoms with E-state index in [4.69, 9.17) is 9.15 Å². The summed E-state index contributed by atoms with van der Waals surface area (Å²) in [5.74, 6) is 1.52. The third kappa shape index (κ3) is 4.59. The molecule has 2 aromatic rings. The third-order valence-electron chi connectivity index (χ3n) is 3.69. The van der Waals surface area contributed by atoms with Crippen LogP contribution in [0.3, 0.4) is 0 Å². The van der Waals surface area contributed by atoms with Crippen molar-refractivity contribution in [1.82, 2.24) is 10.6 Å². The van der Waals surface area contributed by atoms with E-state index in [1.165, 1.54) is 0 Å². The average molecular weight is 379 g/mol. The molecule has 1 fully saturated rings. The van der Waals surface area contributed by atoms with E-state index in [0.29, 0.717) is 11.5 Å². The molecule has 1 aliphatic heterocycles. The molecule has 1 saturated heterocycles. The van der Waals surface area contributed by atoms with Crippen LogP contribution in [0.15, 0.2) is 45.3 Å². The SMILES string of the molecule is O=C(NC1CCCNC1)c1ccc(COc2cccc(Br)c2)o1. The summed E-state index contributed by atoms with van der Waals surface area (Å²) < 4.78 is 12.2. The number of amides is 1. The fourth-order valence-electron chi connectivity index (χ4n) is 2.52. The molecule has 3 rings (SSSR count). The van der Waals surface area contributed by atoms with Crippen LogP contribution in [0.1, 0.15) is 29.2 Å². The highest BCUT2D eigenvalue weighted by Crippen LogP contribution is 2.19. The van der Waals surface area contributed by atoms with E-state index >= 15 is 0 Å². The molecule has 0 aliphatic carbocycles. The summed E-state index contributed by atoms with van der Waals surface area (Å²) in [5.41, 5.74) is 0. The van der Waals surface area contributed by atoms with Gasteiger partial charge in [0.2, 0.25) is 0 Å². The monoisotopic (exact) mass is 378 g/mol. The highest BCUT2D eigenvalue weighted by atomic mass is 79.9. The normalized spacial score (nSPS) is 17.7. The number of rotatable bonds is 5. The number of piperidine rings is 1. The van der Waals surface area contributed by atoms with Crippen LogP contribution in [0.25, 0.3) is 0 Å². The Bertz CT molecular complexity index is 665. The number of hydrogen-bond donors (Lipinski definition) is 2. The fraction of sp³-hybridized carbons (Fsp3) is 0.353. The second-order valence-corrected chi connectivity index (χ2v) is 6.44. The lowest BCUT2D eigenvalue weighted by Crippen LogP contribution is -2.45. The van der Waals surface area contributed by atoms with Crippen LogP contribution in [0.2, 0.25) is 0 Å². The molecule has 6 heteroatoms. The van der Waals surface area contributed by atoms with Gasteiger partial charge in [0.1, 0.15) is 18.1 Å². The van der Waals surface area contributed by atoms with E-state index in [-0.39, 0.29) is 18.6 Å². The Morgan fingerprint density at radius 1 is 1.39 bits per heavy atom. The summed E-state index contributed by atoms with van der Waals surface area (Å²) >= 11 is 3.40. The number of halogens is 1. The van der Waals surface area contributed by atoms with Gasteiger partial charge in [-0.25, -0.2) is 0 Å². The molecule has 1 aromatic heterocycles. The van der Waals surface area contributed by atoms with E-state index in [1.807, 2.05) is 24.3 Å². The van der Waals surface area contributed by atoms with Crippen LogP contribution in [0.4, 0.5) is 0 Å². The van der Waals surface area contributed by atoms with Gasteiger partial charge in [-0.15, -0.1) is 0 Å². The first-order valence-corrected chi connectivity index (χ1v) is 8.49. The number of furan rings is 1. The molecule has 0 spiro atoms. The number of nitrogens with one attached hydrogen (secondary N) is 2. The van der Waals surface area contributed by atoms with E-state index in [0.717, 1.165) is 36.2 Å². The molecule has 23 heavy (non-hydrogen) atoms. The lowest BCUT2D eigenvalue weighted by molar-refractivity contribution is 0.0898. The highest BCUT2D eigenvalue weighted by molar-refractivity contribution is 9.10. The van der Waals surface area contributed by atoms with E-state index < -0.39 is 0 Å². The zero-order chi connectivity index (χ0) is 16.1. The van der Waals surface area contributed by atoms with Gasteiger partial charge in [0, 0.05) is 17.1 Å². The van der Waals surface area contributed by atoms with Crippen LogP contribution in [-0.2, 0) is 6.61 Å². The van der Waals surface area contributed by atoms with Gasteiger partial charge >= 0.3 is 0 Å². The minimum absolute atomic E-state index is 0.169. The van der Waals surface area contributed by atoms with Crippen molar-refractivity contribution in [2.75, 3.05) is 13.1 Å². The summed E-state index contributed by atoms with van der Waals surface area (Å²) in [6.07, 6.45) is 2.08. The van der Waals surface area contributed by atoms with Crippen LogP contribution >= 0.6 is 15.9 Å². The zero-order valence-corrected chi connectivity index (χ0v) is 14.3. The molecule has 1 unspecified atom stereocenters. The van der Waals surface area contributed by atoms with E-state index in [2.05, 4.69) is 26.6 Å². The van der Waals surface area contributed by atoms with Crippen LogP contribution in [0.5, 0.6) is 5.75 Å².